The van der Waals surface area contributed by atoms with Gasteiger partial charge in [-0.1, -0.05) is 13.3 Å². The van der Waals surface area contributed by atoms with Crippen molar-refractivity contribution in [1.29, 1.82) is 0 Å². The van der Waals surface area contributed by atoms with Crippen LogP contribution in [0.15, 0.2) is 18.2 Å². The van der Waals surface area contributed by atoms with E-state index < -0.39 is 0 Å². The first-order valence-corrected chi connectivity index (χ1v) is 9.09. The summed E-state index contributed by atoms with van der Waals surface area (Å²) in [5, 5.41) is 20.3. The topological polar surface area (TPSA) is 109 Å². The maximum Gasteiger partial charge on any atom is 0.189 e. The molecule has 1 fully saturated rings. The lowest BCUT2D eigenvalue weighted by molar-refractivity contribution is 0.429. The minimum Gasteiger partial charge on any atom is -0.379 e. The summed E-state index contributed by atoms with van der Waals surface area (Å²) in [5.41, 5.74) is 8.97. The van der Waals surface area contributed by atoms with Crippen molar-refractivity contribution in [3.05, 3.63) is 23.9 Å². The van der Waals surface area contributed by atoms with Crippen LogP contribution in [0.25, 0.3) is 22.3 Å². The highest BCUT2D eigenvalue weighted by Crippen LogP contribution is 2.26. The predicted octanol–water partition coefficient (Wildman–Crippen LogP) is 1.88. The Kier molecular flexibility index (Phi) is 4.42. The molecule has 136 valence electrons. The van der Waals surface area contributed by atoms with Crippen LogP contribution in [0.3, 0.4) is 0 Å². The van der Waals surface area contributed by atoms with Gasteiger partial charge < -0.3 is 16.0 Å². The van der Waals surface area contributed by atoms with E-state index in [1.807, 2.05) is 25.1 Å². The zero-order valence-corrected chi connectivity index (χ0v) is 15.2. The van der Waals surface area contributed by atoms with Crippen molar-refractivity contribution < 1.29 is 0 Å². The van der Waals surface area contributed by atoms with Gasteiger partial charge in [-0.25, -0.2) is 4.98 Å². The van der Waals surface area contributed by atoms with Crippen molar-refractivity contribution in [2.24, 2.45) is 0 Å². The minimum absolute atomic E-state index is 0.381. The van der Waals surface area contributed by atoms with Gasteiger partial charge in [-0.15, -0.1) is 10.2 Å². The second kappa shape index (κ2) is 6.87. The number of fused-ring (bicyclic) bond motifs is 1. The van der Waals surface area contributed by atoms with Gasteiger partial charge >= 0.3 is 0 Å². The van der Waals surface area contributed by atoms with Crippen LogP contribution >= 0.6 is 0 Å². The Labute approximate surface area is 152 Å². The number of anilines is 2. The Morgan fingerprint density at radius 2 is 2.19 bits per heavy atom. The maximum absolute atomic E-state index is 6.10. The molecule has 0 spiro atoms. The van der Waals surface area contributed by atoms with E-state index in [0.29, 0.717) is 17.7 Å². The molecule has 2 aromatic heterocycles. The van der Waals surface area contributed by atoms with Crippen molar-refractivity contribution in [3.63, 3.8) is 0 Å². The number of nitrogen functional groups attached to an aromatic ring is 1. The molecule has 4 rings (SSSR count). The fourth-order valence-corrected chi connectivity index (χ4v) is 3.53. The van der Waals surface area contributed by atoms with E-state index in [1.165, 1.54) is 0 Å². The first-order valence-electron chi connectivity index (χ1n) is 9.09. The zero-order chi connectivity index (χ0) is 18.1. The van der Waals surface area contributed by atoms with Gasteiger partial charge in [0.25, 0.3) is 0 Å². The first kappa shape index (κ1) is 16.7. The SMILES string of the molecule is CCC[C@H]1CN(c2nc(-c3ccc4[nH]nc(C)c4c3)nnc2N)CCN1. The molecular formula is C18H24N8. The first-order chi connectivity index (χ1) is 12.7. The molecule has 26 heavy (non-hydrogen) atoms. The maximum atomic E-state index is 6.10. The number of piperazine rings is 1. The number of nitrogens with two attached hydrogens (primary N) is 1. The monoisotopic (exact) mass is 352 g/mol. The third kappa shape index (κ3) is 3.08. The normalized spacial score (nSPS) is 17.8. The highest BCUT2D eigenvalue weighted by molar-refractivity contribution is 5.85. The molecule has 1 atom stereocenters. The summed E-state index contributed by atoms with van der Waals surface area (Å²) in [4.78, 5) is 6.96. The molecule has 1 aliphatic heterocycles. The van der Waals surface area contributed by atoms with E-state index in [4.69, 9.17) is 10.7 Å². The summed E-state index contributed by atoms with van der Waals surface area (Å²) in [5.74, 6) is 1.69. The third-order valence-electron chi connectivity index (χ3n) is 4.90. The molecule has 3 heterocycles. The molecule has 1 aliphatic rings. The zero-order valence-electron chi connectivity index (χ0n) is 15.2. The number of aryl methyl sites for hydroxylation is 1. The number of nitrogens with zero attached hydrogens (tertiary/aromatic N) is 5. The number of H-pyrrole nitrogens is 1. The number of aromatic amines is 1. The van der Waals surface area contributed by atoms with Crippen molar-refractivity contribution in [2.45, 2.75) is 32.7 Å². The highest BCUT2D eigenvalue weighted by Gasteiger charge is 2.23. The predicted molar refractivity (Wildman–Crippen MR) is 103 cm³/mol. The van der Waals surface area contributed by atoms with E-state index in [-0.39, 0.29) is 0 Å². The second-order valence-electron chi connectivity index (χ2n) is 6.80. The summed E-state index contributed by atoms with van der Waals surface area (Å²) >= 11 is 0. The molecule has 4 N–H and O–H groups in total. The van der Waals surface area contributed by atoms with Gasteiger partial charge in [0.1, 0.15) is 0 Å². The van der Waals surface area contributed by atoms with Crippen LogP contribution < -0.4 is 16.0 Å². The van der Waals surface area contributed by atoms with Gasteiger partial charge in [-0.2, -0.15) is 5.10 Å². The molecule has 8 heteroatoms. The molecular weight excluding hydrogens is 328 g/mol. The summed E-state index contributed by atoms with van der Waals surface area (Å²) in [7, 11) is 0. The standard InChI is InChI=1S/C18H24N8/c1-3-4-13-10-26(8-7-20-13)18-16(19)24-25-17(21-18)12-5-6-15-14(9-12)11(2)22-23-15/h5-6,9,13,20H,3-4,7-8,10H2,1-2H3,(H2,19,24)(H,22,23)/t13-/m0/s1. The summed E-state index contributed by atoms with van der Waals surface area (Å²) in [6.07, 6.45) is 2.29. The molecule has 1 saturated heterocycles. The Morgan fingerprint density at radius 3 is 3.04 bits per heavy atom. The number of nitrogens with one attached hydrogen (secondary N) is 2. The van der Waals surface area contributed by atoms with Gasteiger partial charge in [0, 0.05) is 36.6 Å². The van der Waals surface area contributed by atoms with Gasteiger partial charge in [0.05, 0.1) is 11.2 Å². The molecule has 0 amide bonds. The lowest BCUT2D eigenvalue weighted by atomic mass is 10.1. The van der Waals surface area contributed by atoms with Crippen LogP contribution in [-0.2, 0) is 0 Å². The van der Waals surface area contributed by atoms with Gasteiger partial charge in [-0.3, -0.25) is 5.10 Å². The molecule has 8 nitrogen and oxygen atoms in total. The van der Waals surface area contributed by atoms with Crippen molar-refractivity contribution >= 4 is 22.5 Å². The Morgan fingerprint density at radius 1 is 1.31 bits per heavy atom. The number of hydrogen-bond acceptors (Lipinski definition) is 7. The quantitative estimate of drug-likeness (QED) is 0.658. The fourth-order valence-electron chi connectivity index (χ4n) is 3.53. The Hall–Kier alpha value is -2.74. The third-order valence-corrected chi connectivity index (χ3v) is 4.90. The molecule has 0 radical (unpaired) electrons. The number of rotatable bonds is 4. The summed E-state index contributed by atoms with van der Waals surface area (Å²) in [6, 6.07) is 6.47. The molecule has 0 bridgehead atoms. The molecule has 3 aromatic rings. The average molecular weight is 352 g/mol. The Balaban J connectivity index is 1.68. The van der Waals surface area contributed by atoms with E-state index >= 15 is 0 Å². The smallest absolute Gasteiger partial charge is 0.189 e. The second-order valence-corrected chi connectivity index (χ2v) is 6.80. The fraction of sp³-hybridized carbons (Fsp3) is 0.444. The highest BCUT2D eigenvalue weighted by atomic mass is 15.3. The number of aromatic nitrogens is 5. The largest absolute Gasteiger partial charge is 0.379 e. The van der Waals surface area contributed by atoms with E-state index in [0.717, 1.165) is 60.5 Å². The molecule has 1 aromatic carbocycles. The van der Waals surface area contributed by atoms with Crippen molar-refractivity contribution in [1.82, 2.24) is 30.7 Å². The van der Waals surface area contributed by atoms with Crippen LogP contribution in [0.2, 0.25) is 0 Å². The average Bonchev–Trinajstić information content (AvgIpc) is 3.03. The number of benzene rings is 1. The van der Waals surface area contributed by atoms with E-state index in [9.17, 15) is 0 Å². The van der Waals surface area contributed by atoms with Gasteiger partial charge in [0.2, 0.25) is 0 Å². The molecule has 0 aliphatic carbocycles. The summed E-state index contributed by atoms with van der Waals surface area (Å²) in [6.45, 7) is 6.85. The van der Waals surface area contributed by atoms with Crippen LogP contribution in [0, 0.1) is 6.92 Å². The van der Waals surface area contributed by atoms with Gasteiger partial charge in [-0.05, 0) is 31.5 Å². The lowest BCUT2D eigenvalue weighted by Gasteiger charge is -2.34. The lowest BCUT2D eigenvalue weighted by Crippen LogP contribution is -2.51. The number of hydrogen-bond donors (Lipinski definition) is 3. The van der Waals surface area contributed by atoms with E-state index in [2.05, 4.69) is 37.5 Å². The molecule has 0 saturated carbocycles. The van der Waals surface area contributed by atoms with Crippen molar-refractivity contribution in [3.8, 4) is 11.4 Å². The van der Waals surface area contributed by atoms with Crippen LogP contribution in [0.1, 0.15) is 25.5 Å². The van der Waals surface area contributed by atoms with Crippen LogP contribution in [0.4, 0.5) is 11.6 Å². The van der Waals surface area contributed by atoms with E-state index in [1.54, 1.807) is 0 Å². The minimum atomic E-state index is 0.381. The summed E-state index contributed by atoms with van der Waals surface area (Å²) < 4.78 is 0. The Bertz CT molecular complexity index is 917. The van der Waals surface area contributed by atoms with Crippen LogP contribution in [-0.4, -0.2) is 51.1 Å². The van der Waals surface area contributed by atoms with Crippen molar-refractivity contribution in [2.75, 3.05) is 30.3 Å². The van der Waals surface area contributed by atoms with Gasteiger partial charge in [0.15, 0.2) is 17.5 Å². The molecule has 0 unspecified atom stereocenters. The van der Waals surface area contributed by atoms with Crippen LogP contribution in [0.5, 0.6) is 0 Å².